The molecule has 0 aliphatic carbocycles. The normalized spacial score (nSPS) is 10.2. The Hall–Kier alpha value is -1.55. The van der Waals surface area contributed by atoms with Crippen LogP contribution >= 0.6 is 11.3 Å². The predicted octanol–water partition coefficient (Wildman–Crippen LogP) is 2.44. The minimum absolute atomic E-state index is 0.252. The number of carbonyl (C=O) groups is 1. The number of aromatic amines is 1. The van der Waals surface area contributed by atoms with Gasteiger partial charge in [-0.3, -0.25) is 0 Å². The summed E-state index contributed by atoms with van der Waals surface area (Å²) in [6, 6.07) is 5.58. The summed E-state index contributed by atoms with van der Waals surface area (Å²) in [5, 5.41) is 10.8. The van der Waals surface area contributed by atoms with Gasteiger partial charge in [0.05, 0.1) is 0 Å². The van der Waals surface area contributed by atoms with Gasteiger partial charge in [0, 0.05) is 16.6 Å². The van der Waals surface area contributed by atoms with Crippen LogP contribution in [0, 0.1) is 0 Å². The molecule has 0 saturated carbocycles. The Morgan fingerprint density at radius 3 is 2.92 bits per heavy atom. The van der Waals surface area contributed by atoms with Crippen molar-refractivity contribution in [3.8, 4) is 10.4 Å². The molecule has 0 atom stereocenters. The molecule has 0 aliphatic rings. The third kappa shape index (κ3) is 1.36. The second-order valence-electron chi connectivity index (χ2n) is 2.55. The molecule has 0 radical (unpaired) electrons. The van der Waals surface area contributed by atoms with E-state index >= 15 is 0 Å². The Morgan fingerprint density at radius 2 is 2.31 bits per heavy atom. The van der Waals surface area contributed by atoms with Gasteiger partial charge in [0.1, 0.15) is 5.69 Å². The van der Waals surface area contributed by atoms with E-state index in [0.717, 1.165) is 10.4 Å². The molecule has 0 saturated heterocycles. The minimum Gasteiger partial charge on any atom is -0.477 e. The van der Waals surface area contributed by atoms with Crippen LogP contribution in [0.4, 0.5) is 0 Å². The lowest BCUT2D eigenvalue weighted by Gasteiger charge is -1.94. The summed E-state index contributed by atoms with van der Waals surface area (Å²) in [5.41, 5.74) is 1.00. The minimum atomic E-state index is -0.923. The van der Waals surface area contributed by atoms with Gasteiger partial charge < -0.3 is 10.1 Å². The molecule has 0 bridgehead atoms. The maximum absolute atomic E-state index is 10.8. The van der Waals surface area contributed by atoms with E-state index in [9.17, 15) is 4.79 Å². The maximum Gasteiger partial charge on any atom is 0.352 e. The van der Waals surface area contributed by atoms with Crippen molar-refractivity contribution in [2.45, 2.75) is 0 Å². The fraction of sp³-hybridized carbons (Fsp3) is 0. The molecule has 0 amide bonds. The van der Waals surface area contributed by atoms with Crippen molar-refractivity contribution < 1.29 is 9.90 Å². The Bertz CT molecular complexity index is 417. The van der Waals surface area contributed by atoms with E-state index in [4.69, 9.17) is 5.11 Å². The van der Waals surface area contributed by atoms with Gasteiger partial charge in [0.15, 0.2) is 0 Å². The smallest absolute Gasteiger partial charge is 0.352 e. The molecule has 2 N–H and O–H groups in total. The van der Waals surface area contributed by atoms with Crippen LogP contribution in [0.25, 0.3) is 10.4 Å². The number of nitrogens with one attached hydrogen (secondary N) is 1. The Kier molecular flexibility index (Phi) is 1.90. The SMILES string of the molecule is O=C(O)c1[nH]ccc1-c1cccs1. The number of aromatic nitrogens is 1. The Labute approximate surface area is 78.7 Å². The summed E-state index contributed by atoms with van der Waals surface area (Å²) in [4.78, 5) is 14.4. The molecular weight excluding hydrogens is 186 g/mol. The highest BCUT2D eigenvalue weighted by Crippen LogP contribution is 2.27. The van der Waals surface area contributed by atoms with Gasteiger partial charge in [-0.15, -0.1) is 11.3 Å². The third-order valence-electron chi connectivity index (χ3n) is 1.75. The van der Waals surface area contributed by atoms with Crippen LogP contribution in [0.1, 0.15) is 10.5 Å². The van der Waals surface area contributed by atoms with E-state index in [2.05, 4.69) is 4.98 Å². The zero-order valence-corrected chi connectivity index (χ0v) is 7.47. The van der Waals surface area contributed by atoms with Crippen molar-refractivity contribution in [3.63, 3.8) is 0 Å². The molecule has 0 aromatic carbocycles. The number of rotatable bonds is 2. The number of carboxylic acids is 1. The Balaban J connectivity index is 2.52. The van der Waals surface area contributed by atoms with E-state index in [-0.39, 0.29) is 5.69 Å². The van der Waals surface area contributed by atoms with Crippen LogP contribution in [0.3, 0.4) is 0 Å². The van der Waals surface area contributed by atoms with Gasteiger partial charge in [-0.2, -0.15) is 0 Å². The highest BCUT2D eigenvalue weighted by molar-refractivity contribution is 7.13. The molecular formula is C9H7NO2S. The molecule has 2 aromatic heterocycles. The first kappa shape index (κ1) is 8.07. The Morgan fingerprint density at radius 1 is 1.46 bits per heavy atom. The molecule has 0 aliphatic heterocycles. The molecule has 2 aromatic rings. The topological polar surface area (TPSA) is 53.1 Å². The van der Waals surface area contributed by atoms with Crippen LogP contribution in [0.5, 0.6) is 0 Å². The van der Waals surface area contributed by atoms with Crippen molar-refractivity contribution >= 4 is 17.3 Å². The van der Waals surface area contributed by atoms with E-state index in [1.807, 2.05) is 17.5 Å². The highest BCUT2D eigenvalue weighted by atomic mass is 32.1. The zero-order valence-electron chi connectivity index (χ0n) is 6.65. The van der Waals surface area contributed by atoms with Crippen LogP contribution in [0.15, 0.2) is 29.8 Å². The standard InChI is InChI=1S/C9H7NO2S/c11-9(12)8-6(3-4-10-8)7-2-1-5-13-7/h1-5,10H,(H,11,12). The summed E-state index contributed by atoms with van der Waals surface area (Å²) in [7, 11) is 0. The van der Waals surface area contributed by atoms with E-state index in [1.54, 1.807) is 12.3 Å². The quantitative estimate of drug-likeness (QED) is 0.769. The average Bonchev–Trinajstić information content (AvgIpc) is 2.74. The second kappa shape index (κ2) is 3.06. The first-order valence-corrected chi connectivity index (χ1v) is 4.61. The van der Waals surface area contributed by atoms with E-state index in [1.165, 1.54) is 11.3 Å². The monoisotopic (exact) mass is 193 g/mol. The summed E-state index contributed by atoms with van der Waals surface area (Å²) in [5.74, 6) is -0.923. The van der Waals surface area contributed by atoms with Crippen molar-refractivity contribution in [1.82, 2.24) is 4.98 Å². The van der Waals surface area contributed by atoms with Crippen LogP contribution in [0.2, 0.25) is 0 Å². The first-order chi connectivity index (χ1) is 6.29. The summed E-state index contributed by atoms with van der Waals surface area (Å²) >= 11 is 1.53. The molecule has 2 heterocycles. The molecule has 4 heteroatoms. The molecule has 0 unspecified atom stereocenters. The highest BCUT2D eigenvalue weighted by Gasteiger charge is 2.12. The second-order valence-corrected chi connectivity index (χ2v) is 3.50. The fourth-order valence-corrected chi connectivity index (χ4v) is 1.94. The summed E-state index contributed by atoms with van der Waals surface area (Å²) in [6.45, 7) is 0. The first-order valence-electron chi connectivity index (χ1n) is 3.73. The number of aromatic carboxylic acids is 1. The summed E-state index contributed by atoms with van der Waals surface area (Å²) < 4.78 is 0. The van der Waals surface area contributed by atoms with Gasteiger partial charge in [-0.05, 0) is 17.5 Å². The predicted molar refractivity (Wildman–Crippen MR) is 51.1 cm³/mol. The maximum atomic E-state index is 10.8. The van der Waals surface area contributed by atoms with E-state index in [0.29, 0.717) is 0 Å². The lowest BCUT2D eigenvalue weighted by molar-refractivity contribution is 0.0692. The van der Waals surface area contributed by atoms with Crippen molar-refractivity contribution in [1.29, 1.82) is 0 Å². The third-order valence-corrected chi connectivity index (χ3v) is 2.65. The molecule has 2 rings (SSSR count). The largest absolute Gasteiger partial charge is 0.477 e. The van der Waals surface area contributed by atoms with Gasteiger partial charge >= 0.3 is 5.97 Å². The summed E-state index contributed by atoms with van der Waals surface area (Å²) in [6.07, 6.45) is 1.64. The van der Waals surface area contributed by atoms with Crippen molar-refractivity contribution in [2.75, 3.05) is 0 Å². The zero-order chi connectivity index (χ0) is 9.26. The molecule has 0 spiro atoms. The lowest BCUT2D eigenvalue weighted by Crippen LogP contribution is -1.97. The molecule has 0 fully saturated rings. The van der Waals surface area contributed by atoms with E-state index < -0.39 is 5.97 Å². The van der Waals surface area contributed by atoms with Crippen LogP contribution in [-0.4, -0.2) is 16.1 Å². The molecule has 66 valence electrons. The number of carboxylic acid groups (broad SMARTS) is 1. The van der Waals surface area contributed by atoms with Crippen molar-refractivity contribution in [2.24, 2.45) is 0 Å². The molecule has 3 nitrogen and oxygen atoms in total. The number of hydrogen-bond acceptors (Lipinski definition) is 2. The lowest BCUT2D eigenvalue weighted by atomic mass is 10.2. The van der Waals surface area contributed by atoms with Gasteiger partial charge in [-0.1, -0.05) is 6.07 Å². The number of hydrogen-bond donors (Lipinski definition) is 2. The van der Waals surface area contributed by atoms with Gasteiger partial charge in [0.25, 0.3) is 0 Å². The van der Waals surface area contributed by atoms with Gasteiger partial charge in [-0.25, -0.2) is 4.79 Å². The fourth-order valence-electron chi connectivity index (χ4n) is 1.18. The number of H-pyrrole nitrogens is 1. The van der Waals surface area contributed by atoms with Crippen molar-refractivity contribution in [3.05, 3.63) is 35.5 Å². The number of thiophene rings is 1. The van der Waals surface area contributed by atoms with Crippen LogP contribution in [-0.2, 0) is 0 Å². The van der Waals surface area contributed by atoms with Gasteiger partial charge in [0.2, 0.25) is 0 Å². The average molecular weight is 193 g/mol. The molecule has 13 heavy (non-hydrogen) atoms. The van der Waals surface area contributed by atoms with Crippen LogP contribution < -0.4 is 0 Å².